The Morgan fingerprint density at radius 3 is 2.35 bits per heavy atom. The Morgan fingerprint density at radius 2 is 1.82 bits per heavy atom. The smallest absolute Gasteiger partial charge is 0.129 e. The molecule has 0 aromatic heterocycles. The zero-order valence-electron chi connectivity index (χ0n) is 9.81. The maximum Gasteiger partial charge on any atom is 0.129 e. The average Bonchev–Trinajstić information content (AvgIpc) is 3.17. The molecule has 3 rings (SSSR count). The summed E-state index contributed by atoms with van der Waals surface area (Å²) in [4.78, 5) is 0. The maximum atomic E-state index is 13.6. The van der Waals surface area contributed by atoms with Gasteiger partial charge in [-0.15, -0.1) is 0 Å². The van der Waals surface area contributed by atoms with Gasteiger partial charge >= 0.3 is 0 Å². The van der Waals surface area contributed by atoms with Crippen molar-refractivity contribution in [3.05, 3.63) is 35.4 Å². The Kier molecular flexibility index (Phi) is 2.66. The lowest BCUT2D eigenvalue weighted by Gasteiger charge is -2.16. The summed E-state index contributed by atoms with van der Waals surface area (Å²) in [6.07, 6.45) is 5.21. The van der Waals surface area contributed by atoms with Crippen LogP contribution in [0.25, 0.3) is 0 Å². The largest absolute Gasteiger partial charge is 0.313 e. The highest BCUT2D eigenvalue weighted by Gasteiger charge is 2.44. The van der Waals surface area contributed by atoms with Gasteiger partial charge in [0.25, 0.3) is 0 Å². The van der Waals surface area contributed by atoms with Gasteiger partial charge in [-0.05, 0) is 49.7 Å². The van der Waals surface area contributed by atoms with E-state index in [0.717, 1.165) is 19.4 Å². The minimum Gasteiger partial charge on any atom is -0.313 e. The molecule has 0 amide bonds. The molecule has 1 nitrogen and oxygen atoms in total. The lowest BCUT2D eigenvalue weighted by molar-refractivity contribution is 0.431. The summed E-state index contributed by atoms with van der Waals surface area (Å²) in [6, 6.07) is 4.79. The lowest BCUT2D eigenvalue weighted by Crippen LogP contribution is -2.27. The zero-order chi connectivity index (χ0) is 11.9. The molecule has 2 aliphatic carbocycles. The first-order chi connectivity index (χ1) is 8.19. The van der Waals surface area contributed by atoms with Crippen LogP contribution in [0, 0.1) is 17.0 Å². The molecule has 1 aromatic rings. The van der Waals surface area contributed by atoms with Crippen molar-refractivity contribution in [1.82, 2.24) is 5.32 Å². The molecule has 0 unspecified atom stereocenters. The molecule has 0 spiro atoms. The highest BCUT2D eigenvalue weighted by atomic mass is 19.1. The van der Waals surface area contributed by atoms with Crippen molar-refractivity contribution in [3.63, 3.8) is 0 Å². The summed E-state index contributed by atoms with van der Waals surface area (Å²) in [5.74, 6) is -0.801. The van der Waals surface area contributed by atoms with Crippen LogP contribution < -0.4 is 5.32 Å². The third-order valence-electron chi connectivity index (χ3n) is 3.91. The van der Waals surface area contributed by atoms with Crippen LogP contribution in [0.15, 0.2) is 18.2 Å². The first-order valence-corrected chi connectivity index (χ1v) is 6.35. The second kappa shape index (κ2) is 4.05. The van der Waals surface area contributed by atoms with E-state index in [0.29, 0.717) is 12.5 Å². The van der Waals surface area contributed by atoms with Gasteiger partial charge in [-0.2, -0.15) is 0 Å². The van der Waals surface area contributed by atoms with Gasteiger partial charge in [-0.3, -0.25) is 0 Å². The van der Waals surface area contributed by atoms with E-state index in [1.54, 1.807) is 0 Å². The van der Waals surface area contributed by atoms with Crippen LogP contribution in [0.2, 0.25) is 0 Å². The molecule has 0 bridgehead atoms. The molecule has 0 heterocycles. The van der Waals surface area contributed by atoms with Crippen LogP contribution in [0.3, 0.4) is 0 Å². The minimum atomic E-state index is -0.400. The van der Waals surface area contributed by atoms with E-state index < -0.39 is 11.6 Å². The summed E-state index contributed by atoms with van der Waals surface area (Å²) >= 11 is 0. The summed E-state index contributed by atoms with van der Waals surface area (Å²) in [5, 5.41) is 3.47. The molecule has 1 N–H and O–H groups in total. The van der Waals surface area contributed by atoms with Crippen LogP contribution in [-0.4, -0.2) is 12.6 Å². The van der Waals surface area contributed by atoms with Crippen LogP contribution >= 0.6 is 0 Å². The SMILES string of the molecule is Fc1cccc(F)c1CC1(CNC2CC2)CC1. The van der Waals surface area contributed by atoms with Gasteiger partial charge in [0.05, 0.1) is 0 Å². The standard InChI is InChI=1S/C14H17F2N/c15-12-2-1-3-13(16)11(12)8-14(6-7-14)9-17-10-4-5-10/h1-3,10,17H,4-9H2. The predicted octanol–water partition coefficient (Wildman–Crippen LogP) is 3.04. The summed E-state index contributed by atoms with van der Waals surface area (Å²) in [7, 11) is 0. The van der Waals surface area contributed by atoms with Gasteiger partial charge in [0, 0.05) is 18.2 Å². The van der Waals surface area contributed by atoms with E-state index in [-0.39, 0.29) is 11.0 Å². The molecular weight excluding hydrogens is 220 g/mol. The Balaban J connectivity index is 1.68. The highest BCUT2D eigenvalue weighted by Crippen LogP contribution is 2.48. The number of rotatable bonds is 5. The minimum absolute atomic E-state index is 0.117. The monoisotopic (exact) mass is 237 g/mol. The van der Waals surface area contributed by atoms with Gasteiger partial charge in [0.2, 0.25) is 0 Å². The van der Waals surface area contributed by atoms with E-state index in [4.69, 9.17) is 0 Å². The highest BCUT2D eigenvalue weighted by molar-refractivity contribution is 5.23. The van der Waals surface area contributed by atoms with Crippen molar-refractivity contribution in [2.75, 3.05) is 6.54 Å². The molecule has 92 valence electrons. The van der Waals surface area contributed by atoms with Crippen molar-refractivity contribution in [1.29, 1.82) is 0 Å². The molecule has 2 saturated carbocycles. The van der Waals surface area contributed by atoms with Crippen LogP contribution in [0.1, 0.15) is 31.2 Å². The van der Waals surface area contributed by atoms with Crippen molar-refractivity contribution < 1.29 is 8.78 Å². The van der Waals surface area contributed by atoms with E-state index >= 15 is 0 Å². The van der Waals surface area contributed by atoms with Gasteiger partial charge < -0.3 is 5.32 Å². The molecule has 0 saturated heterocycles. The predicted molar refractivity (Wildman–Crippen MR) is 62.8 cm³/mol. The fourth-order valence-corrected chi connectivity index (χ4v) is 2.32. The van der Waals surface area contributed by atoms with E-state index in [9.17, 15) is 8.78 Å². The van der Waals surface area contributed by atoms with Crippen molar-refractivity contribution in [2.45, 2.75) is 38.1 Å². The lowest BCUT2D eigenvalue weighted by atomic mass is 9.95. The maximum absolute atomic E-state index is 13.6. The molecule has 2 aliphatic rings. The Hall–Kier alpha value is -0.960. The van der Waals surface area contributed by atoms with Crippen molar-refractivity contribution in [2.24, 2.45) is 5.41 Å². The zero-order valence-corrected chi connectivity index (χ0v) is 9.81. The Bertz CT molecular complexity index is 402. The van der Waals surface area contributed by atoms with Gasteiger partial charge in [0.15, 0.2) is 0 Å². The number of hydrogen-bond donors (Lipinski definition) is 1. The van der Waals surface area contributed by atoms with Crippen LogP contribution in [0.5, 0.6) is 0 Å². The van der Waals surface area contributed by atoms with E-state index in [1.807, 2.05) is 0 Å². The van der Waals surface area contributed by atoms with Crippen molar-refractivity contribution >= 4 is 0 Å². The third-order valence-corrected chi connectivity index (χ3v) is 3.91. The van der Waals surface area contributed by atoms with Gasteiger partial charge in [-0.25, -0.2) is 8.78 Å². The molecule has 0 aliphatic heterocycles. The molecule has 1 aromatic carbocycles. The van der Waals surface area contributed by atoms with E-state index in [1.165, 1.54) is 31.0 Å². The molecule has 17 heavy (non-hydrogen) atoms. The first kappa shape index (κ1) is 11.1. The second-order valence-electron chi connectivity index (χ2n) is 5.53. The molecule has 2 fully saturated rings. The molecule has 0 atom stereocenters. The van der Waals surface area contributed by atoms with Gasteiger partial charge in [-0.1, -0.05) is 6.07 Å². The average molecular weight is 237 g/mol. The van der Waals surface area contributed by atoms with Crippen molar-refractivity contribution in [3.8, 4) is 0 Å². The first-order valence-electron chi connectivity index (χ1n) is 6.35. The molecule has 3 heteroatoms. The topological polar surface area (TPSA) is 12.0 Å². The second-order valence-corrected chi connectivity index (χ2v) is 5.53. The summed E-state index contributed by atoms with van der Waals surface area (Å²) in [6.45, 7) is 0.908. The molecular formula is C14H17F2N. The number of halogens is 2. The normalized spacial score (nSPS) is 21.5. The third kappa shape index (κ3) is 2.49. The van der Waals surface area contributed by atoms with E-state index in [2.05, 4.69) is 5.32 Å². The molecule has 0 radical (unpaired) electrons. The van der Waals surface area contributed by atoms with Gasteiger partial charge in [0.1, 0.15) is 11.6 Å². The Morgan fingerprint density at radius 1 is 1.18 bits per heavy atom. The summed E-state index contributed by atoms with van der Waals surface area (Å²) in [5.41, 5.74) is 0.383. The fraction of sp³-hybridized carbons (Fsp3) is 0.571. The summed E-state index contributed by atoms with van der Waals surface area (Å²) < 4.78 is 27.1. The van der Waals surface area contributed by atoms with Crippen LogP contribution in [-0.2, 0) is 6.42 Å². The quantitative estimate of drug-likeness (QED) is 0.830. The number of benzene rings is 1. The Labute approximate surface area is 100 Å². The van der Waals surface area contributed by atoms with Crippen LogP contribution in [0.4, 0.5) is 8.78 Å². The fourth-order valence-electron chi connectivity index (χ4n) is 2.32. The number of hydrogen-bond acceptors (Lipinski definition) is 1. The number of nitrogens with one attached hydrogen (secondary N) is 1.